The smallest absolute Gasteiger partial charge is 0.132 e. The second kappa shape index (κ2) is 3.56. The summed E-state index contributed by atoms with van der Waals surface area (Å²) >= 11 is 0. The summed E-state index contributed by atoms with van der Waals surface area (Å²) < 4.78 is 0. The Kier molecular flexibility index (Phi) is 2.40. The zero-order valence-corrected chi connectivity index (χ0v) is 9.09. The summed E-state index contributed by atoms with van der Waals surface area (Å²) in [6.45, 7) is 7.09. The van der Waals surface area contributed by atoms with Crippen molar-refractivity contribution in [3.8, 4) is 0 Å². The second-order valence-electron chi connectivity index (χ2n) is 3.93. The molecule has 3 heteroatoms. The summed E-state index contributed by atoms with van der Waals surface area (Å²) in [6, 6.07) is 0. The maximum atomic E-state index is 4.53. The molecule has 1 aromatic heterocycles. The van der Waals surface area contributed by atoms with Crippen molar-refractivity contribution < 1.29 is 0 Å². The Labute approximate surface area is 85.0 Å². The van der Waals surface area contributed by atoms with Crippen LogP contribution in [0.2, 0.25) is 0 Å². The van der Waals surface area contributed by atoms with Crippen molar-refractivity contribution in [2.45, 2.75) is 39.5 Å². The van der Waals surface area contributed by atoms with Crippen LogP contribution in [0.3, 0.4) is 0 Å². The molecule has 14 heavy (non-hydrogen) atoms. The molecule has 1 heterocycles. The predicted molar refractivity (Wildman–Crippen MR) is 57.6 cm³/mol. The first-order chi connectivity index (χ1) is 6.72. The van der Waals surface area contributed by atoms with Gasteiger partial charge in [-0.15, -0.1) is 0 Å². The Bertz CT molecular complexity index is 343. The molecule has 0 aromatic carbocycles. The molecule has 0 radical (unpaired) electrons. The highest BCUT2D eigenvalue weighted by Gasteiger charge is 2.28. The van der Waals surface area contributed by atoms with Gasteiger partial charge in [-0.05, 0) is 33.6 Å². The summed E-state index contributed by atoms with van der Waals surface area (Å²) in [5, 5.41) is 3.29. The fourth-order valence-electron chi connectivity index (χ4n) is 1.74. The summed E-state index contributed by atoms with van der Waals surface area (Å²) in [5.41, 5.74) is 2.49. The lowest BCUT2D eigenvalue weighted by Gasteiger charge is -2.11. The van der Waals surface area contributed by atoms with E-state index in [9.17, 15) is 0 Å². The monoisotopic (exact) mass is 191 g/mol. The van der Waals surface area contributed by atoms with Crippen molar-refractivity contribution in [3.63, 3.8) is 0 Å². The fourth-order valence-corrected chi connectivity index (χ4v) is 1.74. The molecule has 3 nitrogen and oxygen atoms in total. The van der Waals surface area contributed by atoms with Crippen molar-refractivity contribution in [1.82, 2.24) is 9.97 Å². The molecular formula is C11H17N3. The number of aryl methyl sites for hydroxylation is 1. The molecule has 0 bridgehead atoms. The van der Waals surface area contributed by atoms with E-state index in [2.05, 4.69) is 29.1 Å². The molecular weight excluding hydrogens is 174 g/mol. The van der Waals surface area contributed by atoms with E-state index in [0.29, 0.717) is 5.92 Å². The van der Waals surface area contributed by atoms with E-state index in [4.69, 9.17) is 0 Å². The van der Waals surface area contributed by atoms with Crippen LogP contribution in [0.15, 0.2) is 0 Å². The molecule has 1 fully saturated rings. The standard InChI is InChI=1S/C11H17N3/c1-4-12-11-7(2)10(9-5-6-9)13-8(3)14-11/h9H,4-6H2,1-3H3,(H,12,13,14). The SMILES string of the molecule is CCNc1nc(C)nc(C2CC2)c1C. The molecule has 76 valence electrons. The predicted octanol–water partition coefficient (Wildman–Crippen LogP) is 2.40. The number of hydrogen-bond acceptors (Lipinski definition) is 3. The van der Waals surface area contributed by atoms with Crippen LogP contribution in [0.5, 0.6) is 0 Å². The van der Waals surface area contributed by atoms with Crippen LogP contribution >= 0.6 is 0 Å². The molecule has 0 spiro atoms. The van der Waals surface area contributed by atoms with Crippen molar-refractivity contribution in [1.29, 1.82) is 0 Å². The van der Waals surface area contributed by atoms with Gasteiger partial charge in [0, 0.05) is 18.0 Å². The van der Waals surface area contributed by atoms with Gasteiger partial charge in [-0.1, -0.05) is 0 Å². The first kappa shape index (κ1) is 9.44. The molecule has 1 saturated carbocycles. The lowest BCUT2D eigenvalue weighted by atomic mass is 10.1. The maximum absolute atomic E-state index is 4.53. The molecule has 0 unspecified atom stereocenters. The van der Waals surface area contributed by atoms with Crippen LogP contribution in [0.1, 0.15) is 42.8 Å². The summed E-state index contributed by atoms with van der Waals surface area (Å²) in [7, 11) is 0. The highest BCUT2D eigenvalue weighted by molar-refractivity contribution is 5.47. The van der Waals surface area contributed by atoms with Gasteiger partial charge in [0.15, 0.2) is 0 Å². The van der Waals surface area contributed by atoms with Crippen molar-refractivity contribution in [3.05, 3.63) is 17.1 Å². The molecule has 1 aliphatic carbocycles. The summed E-state index contributed by atoms with van der Waals surface area (Å²) in [5.74, 6) is 2.60. The first-order valence-corrected chi connectivity index (χ1v) is 5.31. The van der Waals surface area contributed by atoms with Gasteiger partial charge in [0.1, 0.15) is 11.6 Å². The third-order valence-corrected chi connectivity index (χ3v) is 2.60. The van der Waals surface area contributed by atoms with Crippen LogP contribution in [0.25, 0.3) is 0 Å². The quantitative estimate of drug-likeness (QED) is 0.797. The minimum absolute atomic E-state index is 0.703. The topological polar surface area (TPSA) is 37.8 Å². The summed E-state index contributed by atoms with van der Waals surface area (Å²) in [6.07, 6.45) is 2.59. The Morgan fingerprint density at radius 2 is 2.00 bits per heavy atom. The number of rotatable bonds is 3. The van der Waals surface area contributed by atoms with Gasteiger partial charge in [-0.25, -0.2) is 9.97 Å². The maximum Gasteiger partial charge on any atom is 0.132 e. The highest BCUT2D eigenvalue weighted by Crippen LogP contribution is 2.41. The van der Waals surface area contributed by atoms with E-state index in [-0.39, 0.29) is 0 Å². The van der Waals surface area contributed by atoms with Gasteiger partial charge in [0.25, 0.3) is 0 Å². The minimum Gasteiger partial charge on any atom is -0.370 e. The Balaban J connectivity index is 2.39. The molecule has 1 N–H and O–H groups in total. The third kappa shape index (κ3) is 1.72. The number of aromatic nitrogens is 2. The number of nitrogens with zero attached hydrogens (tertiary/aromatic N) is 2. The Hall–Kier alpha value is -1.12. The number of hydrogen-bond donors (Lipinski definition) is 1. The van der Waals surface area contributed by atoms with Gasteiger partial charge in [-0.2, -0.15) is 0 Å². The van der Waals surface area contributed by atoms with Gasteiger partial charge in [0.05, 0.1) is 5.69 Å². The van der Waals surface area contributed by atoms with E-state index in [1.165, 1.54) is 24.1 Å². The van der Waals surface area contributed by atoms with Crippen molar-refractivity contribution in [2.75, 3.05) is 11.9 Å². The third-order valence-electron chi connectivity index (χ3n) is 2.60. The van der Waals surface area contributed by atoms with E-state index < -0.39 is 0 Å². The van der Waals surface area contributed by atoms with E-state index in [1.807, 2.05) is 6.92 Å². The van der Waals surface area contributed by atoms with Crippen LogP contribution in [0.4, 0.5) is 5.82 Å². The lowest BCUT2D eigenvalue weighted by molar-refractivity contribution is 0.914. The van der Waals surface area contributed by atoms with E-state index in [1.54, 1.807) is 0 Å². The van der Waals surface area contributed by atoms with E-state index in [0.717, 1.165) is 18.2 Å². The molecule has 1 aromatic rings. The van der Waals surface area contributed by atoms with Crippen molar-refractivity contribution in [2.24, 2.45) is 0 Å². The highest BCUT2D eigenvalue weighted by atomic mass is 15.0. The van der Waals surface area contributed by atoms with Gasteiger partial charge >= 0.3 is 0 Å². The van der Waals surface area contributed by atoms with Crippen LogP contribution in [-0.2, 0) is 0 Å². The molecule has 1 aliphatic rings. The normalized spacial score (nSPS) is 15.6. The average molecular weight is 191 g/mol. The average Bonchev–Trinajstić information content (AvgIpc) is 2.94. The lowest BCUT2D eigenvalue weighted by Crippen LogP contribution is -2.07. The Morgan fingerprint density at radius 1 is 1.29 bits per heavy atom. The van der Waals surface area contributed by atoms with Crippen LogP contribution < -0.4 is 5.32 Å². The van der Waals surface area contributed by atoms with Crippen LogP contribution in [0, 0.1) is 13.8 Å². The minimum atomic E-state index is 0.703. The molecule has 2 rings (SSSR count). The molecule has 0 saturated heterocycles. The van der Waals surface area contributed by atoms with Gasteiger partial charge < -0.3 is 5.32 Å². The number of anilines is 1. The van der Waals surface area contributed by atoms with Gasteiger partial charge in [-0.3, -0.25) is 0 Å². The van der Waals surface area contributed by atoms with Crippen molar-refractivity contribution >= 4 is 5.82 Å². The Morgan fingerprint density at radius 3 is 2.57 bits per heavy atom. The summed E-state index contributed by atoms with van der Waals surface area (Å²) in [4.78, 5) is 8.94. The largest absolute Gasteiger partial charge is 0.370 e. The fraction of sp³-hybridized carbons (Fsp3) is 0.636. The second-order valence-corrected chi connectivity index (χ2v) is 3.93. The molecule has 0 amide bonds. The zero-order valence-electron chi connectivity index (χ0n) is 9.09. The van der Waals surface area contributed by atoms with Gasteiger partial charge in [0.2, 0.25) is 0 Å². The first-order valence-electron chi connectivity index (χ1n) is 5.31. The van der Waals surface area contributed by atoms with E-state index >= 15 is 0 Å². The van der Waals surface area contributed by atoms with Crippen LogP contribution in [-0.4, -0.2) is 16.5 Å². The molecule has 0 atom stereocenters. The molecule has 0 aliphatic heterocycles. The number of nitrogens with one attached hydrogen (secondary N) is 1. The zero-order chi connectivity index (χ0) is 10.1.